The van der Waals surface area contributed by atoms with Crippen LogP contribution in [-0.2, 0) is 4.79 Å². The molecule has 2 fully saturated rings. The maximum Gasteiger partial charge on any atom is 0.137 e. The lowest BCUT2D eigenvalue weighted by molar-refractivity contribution is -0.113. The fourth-order valence-corrected chi connectivity index (χ4v) is 2.90. The summed E-state index contributed by atoms with van der Waals surface area (Å²) in [5, 5.41) is 0. The Labute approximate surface area is 98.8 Å². The van der Waals surface area contributed by atoms with E-state index in [1.165, 1.54) is 45.2 Å². The first-order valence-electron chi connectivity index (χ1n) is 6.82. The highest BCUT2D eigenvalue weighted by Crippen LogP contribution is 2.15. The minimum atomic E-state index is 0.207. The summed E-state index contributed by atoms with van der Waals surface area (Å²) < 4.78 is 0. The third-order valence-electron chi connectivity index (χ3n) is 3.97. The molecule has 0 amide bonds. The predicted molar refractivity (Wildman–Crippen MR) is 65.6 cm³/mol. The molecule has 2 aliphatic rings. The van der Waals surface area contributed by atoms with Crippen molar-refractivity contribution < 1.29 is 4.79 Å². The second kappa shape index (κ2) is 6.36. The molecule has 0 aromatic rings. The van der Waals surface area contributed by atoms with Gasteiger partial charge in [-0.2, -0.15) is 0 Å². The smallest absolute Gasteiger partial charge is 0.137 e. The van der Waals surface area contributed by atoms with Crippen molar-refractivity contribution in [2.24, 2.45) is 0 Å². The molecule has 0 saturated carbocycles. The number of aldehydes is 1. The summed E-state index contributed by atoms with van der Waals surface area (Å²) in [5.41, 5.74) is 0. The van der Waals surface area contributed by atoms with Crippen LogP contribution in [0.25, 0.3) is 0 Å². The van der Waals surface area contributed by atoms with Crippen LogP contribution in [0, 0.1) is 0 Å². The van der Waals surface area contributed by atoms with Crippen molar-refractivity contribution in [2.45, 2.75) is 44.6 Å². The van der Waals surface area contributed by atoms with E-state index in [9.17, 15) is 4.79 Å². The van der Waals surface area contributed by atoms with Gasteiger partial charge < -0.3 is 9.69 Å². The van der Waals surface area contributed by atoms with Gasteiger partial charge >= 0.3 is 0 Å². The maximum absolute atomic E-state index is 11.0. The fourth-order valence-electron chi connectivity index (χ4n) is 2.90. The van der Waals surface area contributed by atoms with E-state index in [1.807, 2.05) is 0 Å². The Kier molecular flexibility index (Phi) is 4.79. The molecule has 3 nitrogen and oxygen atoms in total. The highest BCUT2D eigenvalue weighted by molar-refractivity contribution is 5.57. The summed E-state index contributed by atoms with van der Waals surface area (Å²) >= 11 is 0. The van der Waals surface area contributed by atoms with Gasteiger partial charge in [-0.05, 0) is 45.3 Å². The number of hydrogen-bond donors (Lipinski definition) is 0. The van der Waals surface area contributed by atoms with Crippen LogP contribution in [0.3, 0.4) is 0 Å². The molecule has 0 spiro atoms. The van der Waals surface area contributed by atoms with Gasteiger partial charge in [0.25, 0.3) is 0 Å². The molecule has 16 heavy (non-hydrogen) atoms. The second-order valence-electron chi connectivity index (χ2n) is 5.14. The minimum absolute atomic E-state index is 0.207. The van der Waals surface area contributed by atoms with Crippen molar-refractivity contribution in [3.8, 4) is 0 Å². The second-order valence-corrected chi connectivity index (χ2v) is 5.14. The average molecular weight is 224 g/mol. The van der Waals surface area contributed by atoms with E-state index in [0.717, 1.165) is 32.3 Å². The standard InChI is InChI=1S/C13H24N2O/c16-12-13-6-2-5-9-15(13)11-10-14-7-3-1-4-8-14/h12-13H,1-11H2. The highest BCUT2D eigenvalue weighted by Gasteiger charge is 2.22. The first-order chi connectivity index (χ1) is 7.90. The molecular formula is C13H24N2O. The lowest BCUT2D eigenvalue weighted by atomic mass is 10.0. The van der Waals surface area contributed by atoms with E-state index in [-0.39, 0.29) is 6.04 Å². The van der Waals surface area contributed by atoms with E-state index in [2.05, 4.69) is 9.80 Å². The van der Waals surface area contributed by atoms with Crippen LogP contribution in [-0.4, -0.2) is 54.9 Å². The number of rotatable bonds is 4. The van der Waals surface area contributed by atoms with Crippen LogP contribution in [0.5, 0.6) is 0 Å². The zero-order valence-corrected chi connectivity index (χ0v) is 10.2. The average Bonchev–Trinajstić information content (AvgIpc) is 2.38. The van der Waals surface area contributed by atoms with E-state index in [0.29, 0.717) is 0 Å². The third kappa shape index (κ3) is 3.29. The van der Waals surface area contributed by atoms with Gasteiger partial charge in [0.15, 0.2) is 0 Å². The van der Waals surface area contributed by atoms with E-state index >= 15 is 0 Å². The molecule has 1 atom stereocenters. The van der Waals surface area contributed by atoms with Gasteiger partial charge in [0.1, 0.15) is 6.29 Å². The van der Waals surface area contributed by atoms with E-state index in [1.54, 1.807) is 0 Å². The first kappa shape index (κ1) is 12.1. The molecule has 0 aliphatic carbocycles. The Morgan fingerprint density at radius 2 is 1.69 bits per heavy atom. The topological polar surface area (TPSA) is 23.6 Å². The zero-order chi connectivity index (χ0) is 11.2. The largest absolute Gasteiger partial charge is 0.302 e. The maximum atomic E-state index is 11.0. The Hall–Kier alpha value is -0.410. The lowest BCUT2D eigenvalue weighted by Gasteiger charge is -2.35. The van der Waals surface area contributed by atoms with Gasteiger partial charge in [-0.15, -0.1) is 0 Å². The molecule has 0 aromatic heterocycles. The van der Waals surface area contributed by atoms with Crippen LogP contribution in [0.15, 0.2) is 0 Å². The van der Waals surface area contributed by atoms with E-state index < -0.39 is 0 Å². The van der Waals surface area contributed by atoms with Gasteiger partial charge in [-0.25, -0.2) is 0 Å². The number of carbonyl (C=O) groups is 1. The van der Waals surface area contributed by atoms with Crippen LogP contribution in [0.4, 0.5) is 0 Å². The van der Waals surface area contributed by atoms with Crippen molar-refractivity contribution in [1.82, 2.24) is 9.80 Å². The van der Waals surface area contributed by atoms with Crippen molar-refractivity contribution in [3.63, 3.8) is 0 Å². The molecule has 0 N–H and O–H groups in total. The number of nitrogens with zero attached hydrogens (tertiary/aromatic N) is 2. The van der Waals surface area contributed by atoms with Crippen molar-refractivity contribution >= 4 is 6.29 Å². The molecule has 3 heteroatoms. The minimum Gasteiger partial charge on any atom is -0.302 e. The van der Waals surface area contributed by atoms with Gasteiger partial charge in [-0.3, -0.25) is 4.90 Å². The summed E-state index contributed by atoms with van der Waals surface area (Å²) in [6, 6.07) is 0.207. The van der Waals surface area contributed by atoms with Crippen molar-refractivity contribution in [1.29, 1.82) is 0 Å². The fraction of sp³-hybridized carbons (Fsp3) is 0.923. The number of carbonyl (C=O) groups excluding carboxylic acids is 1. The summed E-state index contributed by atoms with van der Waals surface area (Å²) in [7, 11) is 0. The number of likely N-dealkylation sites (tertiary alicyclic amines) is 2. The molecule has 2 heterocycles. The molecule has 0 bridgehead atoms. The van der Waals surface area contributed by atoms with Gasteiger partial charge in [0, 0.05) is 13.1 Å². The lowest BCUT2D eigenvalue weighted by Crippen LogP contribution is -2.45. The third-order valence-corrected chi connectivity index (χ3v) is 3.97. The van der Waals surface area contributed by atoms with Gasteiger partial charge in [0.2, 0.25) is 0 Å². The molecule has 2 aliphatic heterocycles. The van der Waals surface area contributed by atoms with Crippen molar-refractivity contribution in [3.05, 3.63) is 0 Å². The first-order valence-corrected chi connectivity index (χ1v) is 6.82. The molecule has 2 saturated heterocycles. The molecule has 0 aromatic carbocycles. The van der Waals surface area contributed by atoms with Crippen molar-refractivity contribution in [2.75, 3.05) is 32.7 Å². The monoisotopic (exact) mass is 224 g/mol. The van der Waals surface area contributed by atoms with E-state index in [4.69, 9.17) is 0 Å². The van der Waals surface area contributed by atoms with Gasteiger partial charge in [0.05, 0.1) is 6.04 Å². The molecule has 1 unspecified atom stereocenters. The predicted octanol–water partition coefficient (Wildman–Crippen LogP) is 1.53. The Bertz CT molecular complexity index is 214. The number of piperidine rings is 2. The zero-order valence-electron chi connectivity index (χ0n) is 10.2. The molecular weight excluding hydrogens is 200 g/mol. The summed E-state index contributed by atoms with van der Waals surface area (Å²) in [6.45, 7) is 5.89. The Balaban J connectivity index is 1.72. The molecule has 2 rings (SSSR count). The van der Waals surface area contributed by atoms with Crippen LogP contribution < -0.4 is 0 Å². The summed E-state index contributed by atoms with van der Waals surface area (Å²) in [6.07, 6.45) is 8.83. The molecule has 92 valence electrons. The van der Waals surface area contributed by atoms with Crippen LogP contribution in [0.2, 0.25) is 0 Å². The highest BCUT2D eigenvalue weighted by atomic mass is 16.1. The summed E-state index contributed by atoms with van der Waals surface area (Å²) in [4.78, 5) is 15.9. The number of hydrogen-bond acceptors (Lipinski definition) is 3. The van der Waals surface area contributed by atoms with Crippen LogP contribution >= 0.6 is 0 Å². The summed E-state index contributed by atoms with van der Waals surface area (Å²) in [5.74, 6) is 0. The Morgan fingerprint density at radius 1 is 0.938 bits per heavy atom. The van der Waals surface area contributed by atoms with Crippen LogP contribution in [0.1, 0.15) is 38.5 Å². The van der Waals surface area contributed by atoms with Gasteiger partial charge in [-0.1, -0.05) is 12.8 Å². The Morgan fingerprint density at radius 3 is 2.44 bits per heavy atom. The SMILES string of the molecule is O=CC1CCCCN1CCN1CCCCC1. The molecule has 0 radical (unpaired) electrons. The quantitative estimate of drug-likeness (QED) is 0.677. The normalized spacial score (nSPS) is 29.1.